The van der Waals surface area contributed by atoms with Gasteiger partial charge < -0.3 is 15.0 Å². The minimum absolute atomic E-state index is 0.0776. The first-order valence-electron chi connectivity index (χ1n) is 12.1. The molecule has 0 unspecified atom stereocenters. The highest BCUT2D eigenvalue weighted by Crippen LogP contribution is 2.29. The van der Waals surface area contributed by atoms with Gasteiger partial charge in [0.15, 0.2) is 5.82 Å². The number of nitrogens with one attached hydrogen (secondary N) is 1. The smallest absolute Gasteiger partial charge is 0.225 e. The van der Waals surface area contributed by atoms with Crippen LogP contribution in [0.15, 0.2) is 60.9 Å². The highest BCUT2D eigenvalue weighted by molar-refractivity contribution is 5.81. The maximum Gasteiger partial charge on any atom is 0.225 e. The van der Waals surface area contributed by atoms with Crippen LogP contribution in [0.4, 0.5) is 5.82 Å². The minimum Gasteiger partial charge on any atom is -0.497 e. The van der Waals surface area contributed by atoms with Gasteiger partial charge in [-0.2, -0.15) is 5.10 Å². The van der Waals surface area contributed by atoms with Crippen molar-refractivity contribution in [3.63, 3.8) is 0 Å². The Balaban J connectivity index is 1.31. The molecule has 0 spiro atoms. The van der Waals surface area contributed by atoms with Crippen molar-refractivity contribution < 1.29 is 9.53 Å². The Hall–Kier alpha value is -3.87. The molecule has 1 aliphatic heterocycles. The molecule has 1 aliphatic rings. The lowest BCUT2D eigenvalue weighted by Gasteiger charge is -2.33. The summed E-state index contributed by atoms with van der Waals surface area (Å²) in [5.74, 6) is 1.70. The van der Waals surface area contributed by atoms with E-state index in [4.69, 9.17) is 14.8 Å². The molecule has 7 heteroatoms. The molecule has 7 nitrogen and oxygen atoms in total. The Morgan fingerprint density at radius 1 is 1.11 bits per heavy atom. The molecule has 1 saturated heterocycles. The van der Waals surface area contributed by atoms with Crippen molar-refractivity contribution in [1.82, 2.24) is 19.9 Å². The first kappa shape index (κ1) is 22.9. The third-order valence-electron chi connectivity index (χ3n) is 6.89. The molecule has 4 aromatic rings. The number of rotatable bonds is 6. The topological polar surface area (TPSA) is 71.8 Å². The number of piperidine rings is 1. The van der Waals surface area contributed by atoms with E-state index >= 15 is 0 Å². The molecule has 5 rings (SSSR count). The SMILES string of the molecule is COc1ccc(CNC(=O)[C@@H]2CCCN(c3nccn4nc(-c5ccc(C)c(C)c5)cc34)C2)cc1. The molecule has 1 amide bonds. The summed E-state index contributed by atoms with van der Waals surface area (Å²) in [5, 5.41) is 7.91. The van der Waals surface area contributed by atoms with Crippen molar-refractivity contribution in [3.8, 4) is 17.0 Å². The van der Waals surface area contributed by atoms with Crippen molar-refractivity contribution in [1.29, 1.82) is 0 Å². The van der Waals surface area contributed by atoms with Gasteiger partial charge >= 0.3 is 0 Å². The summed E-state index contributed by atoms with van der Waals surface area (Å²) >= 11 is 0. The number of benzene rings is 2. The zero-order valence-corrected chi connectivity index (χ0v) is 20.5. The van der Waals surface area contributed by atoms with E-state index in [1.807, 2.05) is 35.0 Å². The molecular weight excluding hydrogens is 438 g/mol. The van der Waals surface area contributed by atoms with Crippen molar-refractivity contribution in [2.45, 2.75) is 33.2 Å². The van der Waals surface area contributed by atoms with E-state index in [1.54, 1.807) is 13.3 Å². The number of nitrogens with zero attached hydrogens (tertiary/aromatic N) is 4. The predicted octanol–water partition coefficient (Wildman–Crippen LogP) is 4.55. The Bertz CT molecular complexity index is 1350. The lowest BCUT2D eigenvalue weighted by Crippen LogP contribution is -2.43. The van der Waals surface area contributed by atoms with Crippen molar-refractivity contribution in [2.75, 3.05) is 25.1 Å². The molecule has 1 N–H and O–H groups in total. The van der Waals surface area contributed by atoms with E-state index in [9.17, 15) is 4.79 Å². The fourth-order valence-corrected chi connectivity index (χ4v) is 4.65. The van der Waals surface area contributed by atoms with Gasteiger partial charge in [0.05, 0.1) is 18.7 Å². The van der Waals surface area contributed by atoms with Gasteiger partial charge in [0, 0.05) is 37.6 Å². The first-order chi connectivity index (χ1) is 17.0. The normalized spacial score (nSPS) is 15.9. The summed E-state index contributed by atoms with van der Waals surface area (Å²) in [6, 6.07) is 16.3. The fourth-order valence-electron chi connectivity index (χ4n) is 4.65. The molecule has 35 heavy (non-hydrogen) atoms. The minimum atomic E-state index is -0.0776. The van der Waals surface area contributed by atoms with Gasteiger partial charge in [0.2, 0.25) is 5.91 Å². The van der Waals surface area contributed by atoms with Gasteiger partial charge in [-0.05, 0) is 67.6 Å². The number of carbonyl (C=O) groups excluding carboxylic acids is 1. The van der Waals surface area contributed by atoms with Crippen LogP contribution >= 0.6 is 0 Å². The number of anilines is 1. The maximum absolute atomic E-state index is 13.0. The van der Waals surface area contributed by atoms with Crippen LogP contribution in [0.3, 0.4) is 0 Å². The average molecular weight is 470 g/mol. The monoisotopic (exact) mass is 469 g/mol. The van der Waals surface area contributed by atoms with Crippen molar-refractivity contribution in [2.24, 2.45) is 5.92 Å². The number of ether oxygens (including phenoxy) is 1. The summed E-state index contributed by atoms with van der Waals surface area (Å²) in [6.07, 6.45) is 5.49. The highest BCUT2D eigenvalue weighted by Gasteiger charge is 2.27. The number of methoxy groups -OCH3 is 1. The van der Waals surface area contributed by atoms with E-state index in [0.717, 1.165) is 53.3 Å². The zero-order chi connectivity index (χ0) is 24.4. The van der Waals surface area contributed by atoms with Crippen LogP contribution in [0, 0.1) is 19.8 Å². The maximum atomic E-state index is 13.0. The van der Waals surface area contributed by atoms with Gasteiger partial charge in [-0.1, -0.05) is 24.3 Å². The van der Waals surface area contributed by atoms with E-state index in [0.29, 0.717) is 13.1 Å². The number of fused-ring (bicyclic) bond motifs is 1. The fraction of sp³-hybridized carbons (Fsp3) is 0.321. The van der Waals surface area contributed by atoms with E-state index in [2.05, 4.69) is 48.3 Å². The number of aryl methyl sites for hydroxylation is 2. The molecule has 180 valence electrons. The van der Waals surface area contributed by atoms with Crippen LogP contribution in [0.2, 0.25) is 0 Å². The Morgan fingerprint density at radius 3 is 2.71 bits per heavy atom. The third-order valence-corrected chi connectivity index (χ3v) is 6.89. The largest absolute Gasteiger partial charge is 0.497 e. The molecule has 2 aromatic carbocycles. The van der Waals surface area contributed by atoms with Crippen LogP contribution in [-0.4, -0.2) is 40.7 Å². The molecule has 3 heterocycles. The number of hydrogen-bond donors (Lipinski definition) is 1. The number of amides is 1. The standard InChI is InChI=1S/C28H31N5O2/c1-19-6-9-22(15-20(19)2)25-16-26-27(29-12-14-33(26)31-25)32-13-4-5-23(18-32)28(34)30-17-21-7-10-24(35-3)11-8-21/h6-12,14-16,23H,4-5,13,17-18H2,1-3H3,(H,30,34)/t23-/m1/s1. The number of carbonyl (C=O) groups is 1. The van der Waals surface area contributed by atoms with E-state index in [-0.39, 0.29) is 11.8 Å². The molecule has 0 saturated carbocycles. The van der Waals surface area contributed by atoms with Crippen LogP contribution in [0.25, 0.3) is 16.8 Å². The van der Waals surface area contributed by atoms with Crippen molar-refractivity contribution >= 4 is 17.2 Å². The average Bonchev–Trinajstić information content (AvgIpc) is 3.34. The summed E-state index contributed by atoms with van der Waals surface area (Å²) in [5.41, 5.74) is 6.55. The second-order valence-corrected chi connectivity index (χ2v) is 9.26. The number of hydrogen-bond acceptors (Lipinski definition) is 5. The Labute approximate surface area is 205 Å². The summed E-state index contributed by atoms with van der Waals surface area (Å²) < 4.78 is 7.09. The second kappa shape index (κ2) is 9.78. The van der Waals surface area contributed by atoms with E-state index in [1.165, 1.54) is 11.1 Å². The molecule has 1 fully saturated rings. The molecular formula is C28H31N5O2. The van der Waals surface area contributed by atoms with Crippen molar-refractivity contribution in [3.05, 3.63) is 77.6 Å². The summed E-state index contributed by atoms with van der Waals surface area (Å²) in [6.45, 7) is 6.26. The molecule has 1 atom stereocenters. The third kappa shape index (κ3) is 4.85. The molecule has 2 aromatic heterocycles. The van der Waals surface area contributed by atoms with Crippen LogP contribution < -0.4 is 15.0 Å². The Kier molecular flexibility index (Phi) is 6.40. The van der Waals surface area contributed by atoms with Gasteiger partial charge in [0.1, 0.15) is 11.3 Å². The van der Waals surface area contributed by atoms with Gasteiger partial charge in [-0.3, -0.25) is 4.79 Å². The van der Waals surface area contributed by atoms with E-state index < -0.39 is 0 Å². The first-order valence-corrected chi connectivity index (χ1v) is 12.1. The summed E-state index contributed by atoms with van der Waals surface area (Å²) in [7, 11) is 1.65. The number of aromatic nitrogens is 3. The van der Waals surface area contributed by atoms with Gasteiger partial charge in [-0.25, -0.2) is 9.50 Å². The lowest BCUT2D eigenvalue weighted by atomic mass is 9.97. The summed E-state index contributed by atoms with van der Waals surface area (Å²) in [4.78, 5) is 19.9. The van der Waals surface area contributed by atoms with Gasteiger partial charge in [0.25, 0.3) is 0 Å². The van der Waals surface area contributed by atoms with Crippen LogP contribution in [-0.2, 0) is 11.3 Å². The van der Waals surface area contributed by atoms with Crippen LogP contribution in [0.5, 0.6) is 5.75 Å². The molecule has 0 bridgehead atoms. The molecule has 0 radical (unpaired) electrons. The van der Waals surface area contributed by atoms with Crippen LogP contribution in [0.1, 0.15) is 29.5 Å². The zero-order valence-electron chi connectivity index (χ0n) is 20.5. The Morgan fingerprint density at radius 2 is 1.94 bits per heavy atom. The second-order valence-electron chi connectivity index (χ2n) is 9.26. The predicted molar refractivity (Wildman–Crippen MR) is 138 cm³/mol. The molecule has 0 aliphatic carbocycles. The highest BCUT2D eigenvalue weighted by atomic mass is 16.5. The quantitative estimate of drug-likeness (QED) is 0.448. The lowest BCUT2D eigenvalue weighted by molar-refractivity contribution is -0.125. The van der Waals surface area contributed by atoms with Gasteiger partial charge in [-0.15, -0.1) is 0 Å².